The third kappa shape index (κ3) is 4.14. The van der Waals surface area contributed by atoms with Gasteiger partial charge in [-0.2, -0.15) is 0 Å². The van der Waals surface area contributed by atoms with Crippen molar-refractivity contribution in [3.63, 3.8) is 0 Å². The summed E-state index contributed by atoms with van der Waals surface area (Å²) < 4.78 is 1.49. The van der Waals surface area contributed by atoms with Crippen molar-refractivity contribution in [3.05, 3.63) is 64.3 Å². The summed E-state index contributed by atoms with van der Waals surface area (Å²) in [5.74, 6) is -2.76. The van der Waals surface area contributed by atoms with E-state index in [1.165, 1.54) is 30.5 Å². The fourth-order valence-corrected chi connectivity index (χ4v) is 3.69. The Morgan fingerprint density at radius 3 is 2.29 bits per heavy atom. The van der Waals surface area contributed by atoms with E-state index < -0.39 is 23.3 Å². The molecule has 2 aromatic carbocycles. The molecular weight excluding hydrogens is 420 g/mol. The van der Waals surface area contributed by atoms with E-state index in [0.29, 0.717) is 32.7 Å². The number of amides is 1. The average molecular weight is 443 g/mol. The lowest BCUT2D eigenvalue weighted by atomic mass is 9.95. The molecule has 0 radical (unpaired) electrons. The number of nitrogens with one attached hydrogen (secondary N) is 1. The number of hydrogen-bond acceptors (Lipinski definition) is 4. The molecule has 1 heterocycles. The van der Waals surface area contributed by atoms with E-state index in [1.54, 1.807) is 44.2 Å². The molecule has 7 nitrogen and oxygen atoms in total. The van der Waals surface area contributed by atoms with E-state index in [2.05, 4.69) is 5.32 Å². The van der Waals surface area contributed by atoms with E-state index in [0.717, 1.165) is 0 Å². The summed E-state index contributed by atoms with van der Waals surface area (Å²) >= 11 is 5.93. The highest BCUT2D eigenvalue weighted by molar-refractivity contribution is 6.30. The minimum Gasteiger partial charge on any atom is -0.508 e. The van der Waals surface area contributed by atoms with E-state index in [-0.39, 0.29) is 11.7 Å². The minimum atomic E-state index is -1.46. The number of aromatic hydroxyl groups is 1. The van der Waals surface area contributed by atoms with Crippen molar-refractivity contribution in [2.24, 2.45) is 0 Å². The second-order valence-corrected chi connectivity index (χ2v) is 8.43. The summed E-state index contributed by atoms with van der Waals surface area (Å²) in [6.45, 7) is 6.14. The second kappa shape index (κ2) is 8.07. The number of aliphatic carboxylic acids is 1. The number of phenols is 1. The lowest BCUT2D eigenvalue weighted by molar-refractivity contribution is -0.146. The van der Waals surface area contributed by atoms with Crippen LogP contribution in [-0.4, -0.2) is 38.1 Å². The zero-order chi connectivity index (χ0) is 23.1. The number of phenolic OH excluding ortho intramolecular Hbond substituents is 1. The van der Waals surface area contributed by atoms with Gasteiger partial charge in [0, 0.05) is 21.7 Å². The van der Waals surface area contributed by atoms with Crippen LogP contribution in [0.3, 0.4) is 0 Å². The van der Waals surface area contributed by atoms with Gasteiger partial charge in [0.25, 0.3) is 5.91 Å². The third-order valence-electron chi connectivity index (χ3n) is 5.33. The first-order chi connectivity index (χ1) is 14.4. The molecule has 0 spiro atoms. The monoisotopic (exact) mass is 442 g/mol. The standard InChI is InChI=1S/C23H23ClN2O5/c1-12(20(28)25-23(3,4)22(30)31)19-13(2)26(18-10-9-16(27)11-17(18)19)21(29)14-5-7-15(24)8-6-14/h5-12,27H,1-4H3,(H,25,28)(H,30,31)/t12-/m0/s1. The Balaban J connectivity index is 2.14. The SMILES string of the molecule is Cc1c([C@H](C)C(=O)NC(C)(C)C(=O)O)c2cc(O)ccc2n1C(=O)c1ccc(Cl)cc1. The van der Waals surface area contributed by atoms with Gasteiger partial charge in [-0.05, 0) is 75.7 Å². The number of carboxylic acid groups (broad SMARTS) is 1. The van der Waals surface area contributed by atoms with Crippen LogP contribution in [0.25, 0.3) is 10.9 Å². The minimum absolute atomic E-state index is 0.0108. The normalized spacial score (nSPS) is 12.5. The smallest absolute Gasteiger partial charge is 0.328 e. The summed E-state index contributed by atoms with van der Waals surface area (Å²) in [4.78, 5) is 37.6. The number of carboxylic acids is 1. The molecule has 0 unspecified atom stereocenters. The average Bonchev–Trinajstić information content (AvgIpc) is 2.97. The Kier molecular flexibility index (Phi) is 5.83. The Morgan fingerprint density at radius 2 is 1.71 bits per heavy atom. The second-order valence-electron chi connectivity index (χ2n) is 7.99. The van der Waals surface area contributed by atoms with Crippen LogP contribution < -0.4 is 5.32 Å². The van der Waals surface area contributed by atoms with Crippen LogP contribution in [-0.2, 0) is 9.59 Å². The van der Waals surface area contributed by atoms with Gasteiger partial charge in [-0.3, -0.25) is 14.2 Å². The first kappa shape index (κ1) is 22.4. The molecule has 0 bridgehead atoms. The van der Waals surface area contributed by atoms with Gasteiger partial charge in [0.05, 0.1) is 11.4 Å². The molecule has 31 heavy (non-hydrogen) atoms. The fraction of sp³-hybridized carbons (Fsp3) is 0.261. The van der Waals surface area contributed by atoms with Crippen molar-refractivity contribution in [1.29, 1.82) is 0 Å². The lowest BCUT2D eigenvalue weighted by Crippen LogP contribution is -2.50. The first-order valence-electron chi connectivity index (χ1n) is 9.63. The number of hydrogen-bond donors (Lipinski definition) is 3. The highest BCUT2D eigenvalue weighted by Crippen LogP contribution is 2.35. The number of fused-ring (bicyclic) bond motifs is 1. The van der Waals surface area contributed by atoms with E-state index in [1.807, 2.05) is 0 Å². The molecule has 162 valence electrons. The predicted molar refractivity (Wildman–Crippen MR) is 118 cm³/mol. The molecular formula is C23H23ClN2O5. The highest BCUT2D eigenvalue weighted by atomic mass is 35.5. The maximum absolute atomic E-state index is 13.3. The Labute approximate surface area is 184 Å². The van der Waals surface area contributed by atoms with Gasteiger partial charge < -0.3 is 15.5 Å². The van der Waals surface area contributed by atoms with Crippen LogP contribution in [0.4, 0.5) is 0 Å². The maximum Gasteiger partial charge on any atom is 0.328 e. The number of carbonyl (C=O) groups excluding carboxylic acids is 2. The summed E-state index contributed by atoms with van der Waals surface area (Å²) in [5.41, 5.74) is 0.539. The van der Waals surface area contributed by atoms with Gasteiger partial charge in [-0.1, -0.05) is 11.6 Å². The molecule has 1 amide bonds. The number of benzene rings is 2. The summed E-state index contributed by atoms with van der Waals surface area (Å²) in [5, 5.41) is 22.9. The molecule has 1 aromatic heterocycles. The number of rotatable bonds is 5. The topological polar surface area (TPSA) is 109 Å². The van der Waals surface area contributed by atoms with Crippen molar-refractivity contribution in [3.8, 4) is 5.75 Å². The van der Waals surface area contributed by atoms with Crippen LogP contribution in [0.5, 0.6) is 5.75 Å². The summed E-state index contributed by atoms with van der Waals surface area (Å²) in [6, 6.07) is 11.0. The first-order valence-corrected chi connectivity index (χ1v) is 10.0. The van der Waals surface area contributed by atoms with Gasteiger partial charge >= 0.3 is 5.97 Å². The largest absolute Gasteiger partial charge is 0.508 e. The van der Waals surface area contributed by atoms with Crippen molar-refractivity contribution in [1.82, 2.24) is 9.88 Å². The van der Waals surface area contributed by atoms with Gasteiger partial charge in [0.2, 0.25) is 5.91 Å². The van der Waals surface area contributed by atoms with Crippen molar-refractivity contribution >= 4 is 40.3 Å². The Morgan fingerprint density at radius 1 is 1.10 bits per heavy atom. The van der Waals surface area contributed by atoms with E-state index >= 15 is 0 Å². The summed E-state index contributed by atoms with van der Waals surface area (Å²) in [7, 11) is 0. The molecule has 0 aliphatic heterocycles. The van der Waals surface area contributed by atoms with Crippen LogP contribution in [0.2, 0.25) is 5.02 Å². The van der Waals surface area contributed by atoms with Crippen molar-refractivity contribution in [2.75, 3.05) is 0 Å². The molecule has 0 saturated heterocycles. The fourth-order valence-electron chi connectivity index (χ4n) is 3.56. The number of halogens is 1. The maximum atomic E-state index is 13.3. The van der Waals surface area contributed by atoms with Gasteiger partial charge in [0.1, 0.15) is 11.3 Å². The lowest BCUT2D eigenvalue weighted by Gasteiger charge is -2.23. The van der Waals surface area contributed by atoms with Crippen LogP contribution in [0.15, 0.2) is 42.5 Å². The van der Waals surface area contributed by atoms with Crippen molar-refractivity contribution < 1.29 is 24.6 Å². The molecule has 3 aromatic rings. The van der Waals surface area contributed by atoms with Crippen LogP contribution >= 0.6 is 11.6 Å². The number of carbonyl (C=O) groups is 3. The molecule has 0 aliphatic rings. The van der Waals surface area contributed by atoms with Crippen LogP contribution in [0.1, 0.15) is 48.3 Å². The zero-order valence-corrected chi connectivity index (χ0v) is 18.3. The Hall–Kier alpha value is -3.32. The molecule has 3 rings (SSSR count). The van der Waals surface area contributed by atoms with Crippen LogP contribution in [0, 0.1) is 6.92 Å². The van der Waals surface area contributed by atoms with Gasteiger partial charge in [-0.25, -0.2) is 4.79 Å². The number of nitrogens with zero attached hydrogens (tertiary/aromatic N) is 1. The van der Waals surface area contributed by atoms with Crippen molar-refractivity contribution in [2.45, 2.75) is 39.2 Å². The molecule has 1 atom stereocenters. The zero-order valence-electron chi connectivity index (χ0n) is 17.6. The molecule has 0 fully saturated rings. The predicted octanol–water partition coefficient (Wildman–Crippen LogP) is 4.08. The number of aromatic nitrogens is 1. The molecule has 0 aliphatic carbocycles. The van der Waals surface area contributed by atoms with E-state index in [9.17, 15) is 24.6 Å². The third-order valence-corrected chi connectivity index (χ3v) is 5.58. The quantitative estimate of drug-likeness (QED) is 0.551. The Bertz CT molecular complexity index is 1190. The van der Waals surface area contributed by atoms with Gasteiger partial charge in [0.15, 0.2) is 0 Å². The molecule has 8 heteroatoms. The molecule has 0 saturated carbocycles. The molecule has 3 N–H and O–H groups in total. The van der Waals surface area contributed by atoms with E-state index in [4.69, 9.17) is 11.6 Å². The van der Waals surface area contributed by atoms with Gasteiger partial charge in [-0.15, -0.1) is 0 Å². The highest BCUT2D eigenvalue weighted by Gasteiger charge is 2.33. The summed E-state index contributed by atoms with van der Waals surface area (Å²) in [6.07, 6.45) is 0.